The van der Waals surface area contributed by atoms with Gasteiger partial charge in [0.1, 0.15) is 5.75 Å². The minimum Gasteiger partial charge on any atom is -0.512 e. The topological polar surface area (TPSA) is 102 Å². The van der Waals surface area contributed by atoms with Crippen LogP contribution in [-0.2, 0) is 6.54 Å². The van der Waals surface area contributed by atoms with Crippen molar-refractivity contribution in [2.45, 2.75) is 6.54 Å². The fraction of sp³-hybridized carbons (Fsp3) is 0.143. The summed E-state index contributed by atoms with van der Waals surface area (Å²) in [5, 5.41) is 17.0. The third kappa shape index (κ3) is 2.62. The number of nitrogen functional groups attached to an aromatic ring is 1. The average Bonchev–Trinajstić information content (AvgIpc) is 2.03. The molecule has 1 aromatic rings. The number of rotatable bonds is 3. The molecule has 6 heteroatoms. The van der Waals surface area contributed by atoms with Crippen LogP contribution in [0.5, 0.6) is 5.75 Å². The summed E-state index contributed by atoms with van der Waals surface area (Å²) in [5.41, 5.74) is 12.2. The molecule has 1 rings (SSSR count). The van der Waals surface area contributed by atoms with Crippen LogP contribution < -0.4 is 16.1 Å². The number of hydrogen-bond donors (Lipinski definition) is 4. The lowest BCUT2D eigenvalue weighted by molar-refractivity contribution is 0.288. The van der Waals surface area contributed by atoms with Crippen molar-refractivity contribution >= 4 is 13.0 Å². The number of benzene rings is 1. The van der Waals surface area contributed by atoms with Crippen molar-refractivity contribution < 1.29 is 14.7 Å². The molecule has 0 radical (unpaired) electrons. The zero-order valence-electron chi connectivity index (χ0n) is 6.97. The highest BCUT2D eigenvalue weighted by Crippen LogP contribution is 2.19. The maximum Gasteiger partial charge on any atom is 0.707 e. The zero-order valence-corrected chi connectivity index (χ0v) is 6.97. The molecule has 70 valence electrons. The van der Waals surface area contributed by atoms with Crippen LogP contribution in [0, 0.1) is 0 Å². The Morgan fingerprint density at radius 1 is 1.38 bits per heavy atom. The lowest BCUT2D eigenvalue weighted by Crippen LogP contribution is -2.20. The van der Waals surface area contributed by atoms with Gasteiger partial charge in [-0.05, 0) is 11.6 Å². The van der Waals surface area contributed by atoms with E-state index in [0.717, 1.165) is 5.56 Å². The first kappa shape index (κ1) is 9.85. The van der Waals surface area contributed by atoms with Crippen LogP contribution in [-0.4, -0.2) is 17.4 Å². The maximum atomic E-state index is 8.49. The Labute approximate surface area is 76.1 Å². The SMILES string of the molecule is NCc1ccc(OB(O)O)cc1N. The molecule has 0 aliphatic rings. The molecular formula is C7H11BN2O3. The van der Waals surface area contributed by atoms with Crippen LogP contribution in [0.25, 0.3) is 0 Å². The molecule has 1 aromatic carbocycles. The van der Waals surface area contributed by atoms with Gasteiger partial charge >= 0.3 is 7.32 Å². The molecule has 0 bridgehead atoms. The Morgan fingerprint density at radius 3 is 2.54 bits per heavy atom. The van der Waals surface area contributed by atoms with Crippen molar-refractivity contribution in [2.24, 2.45) is 5.73 Å². The summed E-state index contributed by atoms with van der Waals surface area (Å²) in [7, 11) is -1.83. The largest absolute Gasteiger partial charge is 0.707 e. The van der Waals surface area contributed by atoms with Crippen LogP contribution >= 0.6 is 0 Å². The van der Waals surface area contributed by atoms with Crippen LogP contribution in [0.15, 0.2) is 18.2 Å². The number of nitrogens with two attached hydrogens (primary N) is 2. The van der Waals surface area contributed by atoms with Crippen molar-refractivity contribution in [1.29, 1.82) is 0 Å². The van der Waals surface area contributed by atoms with Crippen LogP contribution in [0.4, 0.5) is 5.69 Å². The van der Waals surface area contributed by atoms with Gasteiger partial charge in [0, 0.05) is 18.3 Å². The fourth-order valence-electron chi connectivity index (χ4n) is 0.954. The standard InChI is InChI=1S/C7H11BN2O3/c9-4-5-1-2-6(3-7(5)10)13-8(11)12/h1-3,11-12H,4,9-10H2. The Bertz CT molecular complexity index is 293. The van der Waals surface area contributed by atoms with Gasteiger partial charge < -0.3 is 26.2 Å². The highest BCUT2D eigenvalue weighted by atomic mass is 16.6. The summed E-state index contributed by atoms with van der Waals surface area (Å²) in [6, 6.07) is 4.73. The molecular weight excluding hydrogens is 171 g/mol. The van der Waals surface area contributed by atoms with E-state index in [0.29, 0.717) is 18.0 Å². The highest BCUT2D eigenvalue weighted by molar-refractivity contribution is 6.33. The maximum absolute atomic E-state index is 8.49. The van der Waals surface area contributed by atoms with Gasteiger partial charge in [-0.2, -0.15) is 0 Å². The first-order valence-electron chi connectivity index (χ1n) is 3.74. The summed E-state index contributed by atoms with van der Waals surface area (Å²) < 4.78 is 4.58. The van der Waals surface area contributed by atoms with Gasteiger partial charge in [-0.25, -0.2) is 0 Å². The smallest absolute Gasteiger partial charge is 0.512 e. The second kappa shape index (κ2) is 4.13. The quantitative estimate of drug-likeness (QED) is 0.357. The normalized spacial score (nSPS) is 9.77. The molecule has 0 aliphatic carbocycles. The van der Waals surface area contributed by atoms with Gasteiger partial charge in [0.05, 0.1) is 0 Å². The first-order valence-corrected chi connectivity index (χ1v) is 3.74. The molecule has 13 heavy (non-hydrogen) atoms. The summed E-state index contributed by atoms with van der Waals surface area (Å²) in [4.78, 5) is 0. The van der Waals surface area contributed by atoms with Gasteiger partial charge in [-0.3, -0.25) is 0 Å². The predicted octanol–water partition coefficient (Wildman–Crippen LogP) is -0.924. The lowest BCUT2D eigenvalue weighted by atomic mass is 10.1. The van der Waals surface area contributed by atoms with E-state index in [-0.39, 0.29) is 0 Å². The Kier molecular flexibility index (Phi) is 3.13. The molecule has 6 N–H and O–H groups in total. The Balaban J connectivity index is 2.83. The minimum absolute atomic E-state index is 0.296. The molecule has 5 nitrogen and oxygen atoms in total. The monoisotopic (exact) mass is 182 g/mol. The van der Waals surface area contributed by atoms with Crippen molar-refractivity contribution in [3.05, 3.63) is 23.8 Å². The number of hydrogen-bond acceptors (Lipinski definition) is 5. The van der Waals surface area contributed by atoms with Crippen molar-refractivity contribution in [3.8, 4) is 5.75 Å². The van der Waals surface area contributed by atoms with Gasteiger partial charge in [-0.15, -0.1) is 0 Å². The van der Waals surface area contributed by atoms with E-state index in [9.17, 15) is 0 Å². The molecule has 0 saturated heterocycles. The van der Waals surface area contributed by atoms with Gasteiger partial charge in [0.15, 0.2) is 0 Å². The van der Waals surface area contributed by atoms with Crippen molar-refractivity contribution in [2.75, 3.05) is 5.73 Å². The molecule has 0 aliphatic heterocycles. The summed E-state index contributed by atoms with van der Waals surface area (Å²) in [6.07, 6.45) is 0. The molecule has 0 heterocycles. The zero-order chi connectivity index (χ0) is 9.84. The van der Waals surface area contributed by atoms with Gasteiger partial charge in [0.2, 0.25) is 0 Å². The van der Waals surface area contributed by atoms with E-state index in [2.05, 4.69) is 4.65 Å². The molecule has 0 amide bonds. The minimum atomic E-state index is -1.83. The average molecular weight is 182 g/mol. The molecule has 0 aromatic heterocycles. The van der Waals surface area contributed by atoms with E-state index in [1.54, 1.807) is 12.1 Å². The lowest BCUT2D eigenvalue weighted by Gasteiger charge is -2.07. The summed E-state index contributed by atoms with van der Waals surface area (Å²) >= 11 is 0. The van der Waals surface area contributed by atoms with Crippen molar-refractivity contribution in [3.63, 3.8) is 0 Å². The third-order valence-corrected chi connectivity index (χ3v) is 1.58. The van der Waals surface area contributed by atoms with Crippen LogP contribution in [0.3, 0.4) is 0 Å². The second-order valence-corrected chi connectivity index (χ2v) is 2.51. The first-order chi connectivity index (χ1) is 6.13. The Hall–Kier alpha value is -1.24. The van der Waals surface area contributed by atoms with Crippen LogP contribution in [0.2, 0.25) is 0 Å². The molecule has 0 saturated carbocycles. The summed E-state index contributed by atoms with van der Waals surface area (Å²) in [6.45, 7) is 0.341. The van der Waals surface area contributed by atoms with Gasteiger partial charge in [0.25, 0.3) is 0 Å². The van der Waals surface area contributed by atoms with E-state index < -0.39 is 7.32 Å². The van der Waals surface area contributed by atoms with Crippen LogP contribution in [0.1, 0.15) is 5.56 Å². The third-order valence-electron chi connectivity index (χ3n) is 1.58. The van der Waals surface area contributed by atoms with Gasteiger partial charge in [-0.1, -0.05) is 6.07 Å². The number of anilines is 1. The summed E-state index contributed by atoms with van der Waals surface area (Å²) in [5.74, 6) is 0.296. The fourth-order valence-corrected chi connectivity index (χ4v) is 0.954. The van der Waals surface area contributed by atoms with E-state index in [1.807, 2.05) is 0 Å². The van der Waals surface area contributed by atoms with Crippen molar-refractivity contribution in [1.82, 2.24) is 0 Å². The van der Waals surface area contributed by atoms with E-state index in [1.165, 1.54) is 6.07 Å². The molecule has 0 spiro atoms. The van der Waals surface area contributed by atoms with E-state index in [4.69, 9.17) is 21.5 Å². The predicted molar refractivity (Wildman–Crippen MR) is 49.6 cm³/mol. The molecule has 0 fully saturated rings. The molecule has 0 atom stereocenters. The second-order valence-electron chi connectivity index (χ2n) is 2.51. The highest BCUT2D eigenvalue weighted by Gasteiger charge is 2.11. The Morgan fingerprint density at radius 2 is 2.08 bits per heavy atom. The molecule has 0 unspecified atom stereocenters. The van der Waals surface area contributed by atoms with E-state index >= 15 is 0 Å².